The van der Waals surface area contributed by atoms with Crippen LogP contribution in [0.2, 0.25) is 0 Å². The van der Waals surface area contributed by atoms with Gasteiger partial charge < -0.3 is 20.1 Å². The second kappa shape index (κ2) is 8.17. The summed E-state index contributed by atoms with van der Waals surface area (Å²) in [5, 5.41) is 0. The zero-order valence-corrected chi connectivity index (χ0v) is 16.3. The van der Waals surface area contributed by atoms with Crippen LogP contribution < -0.4 is 10.5 Å². The Hall–Kier alpha value is -3.27. The number of aromatic nitrogens is 2. The molecule has 0 bridgehead atoms. The number of rotatable bonds is 2. The average molecular weight is 380 g/mol. The number of pyridine rings is 2. The number of nitrogens with zero attached hydrogens (tertiary/aromatic N) is 3. The van der Waals surface area contributed by atoms with E-state index < -0.39 is 5.60 Å². The van der Waals surface area contributed by atoms with Gasteiger partial charge in [-0.25, -0.2) is 9.78 Å². The van der Waals surface area contributed by atoms with Crippen molar-refractivity contribution in [3.8, 4) is 17.6 Å². The quantitative estimate of drug-likeness (QED) is 0.806. The molecule has 3 heterocycles. The number of likely N-dealkylation sites (tertiary alicyclic amines) is 1. The van der Waals surface area contributed by atoms with Gasteiger partial charge in [-0.3, -0.25) is 4.98 Å². The van der Waals surface area contributed by atoms with E-state index in [2.05, 4.69) is 21.8 Å². The van der Waals surface area contributed by atoms with Crippen molar-refractivity contribution in [1.82, 2.24) is 14.9 Å². The highest BCUT2D eigenvalue weighted by Gasteiger charge is 2.31. The van der Waals surface area contributed by atoms with Gasteiger partial charge in [-0.05, 0) is 44.9 Å². The fourth-order valence-electron chi connectivity index (χ4n) is 2.72. The van der Waals surface area contributed by atoms with Gasteiger partial charge in [0.1, 0.15) is 17.4 Å². The minimum atomic E-state index is -0.518. The van der Waals surface area contributed by atoms with Crippen molar-refractivity contribution in [2.75, 3.05) is 18.8 Å². The van der Waals surface area contributed by atoms with Crippen molar-refractivity contribution in [2.45, 2.75) is 38.9 Å². The third-order valence-electron chi connectivity index (χ3n) is 4.03. The van der Waals surface area contributed by atoms with E-state index in [0.29, 0.717) is 42.2 Å². The van der Waals surface area contributed by atoms with E-state index in [9.17, 15) is 4.79 Å². The van der Waals surface area contributed by atoms with E-state index in [-0.39, 0.29) is 12.2 Å². The molecule has 0 unspecified atom stereocenters. The monoisotopic (exact) mass is 380 g/mol. The Morgan fingerprint density at radius 1 is 1.29 bits per heavy atom. The average Bonchev–Trinajstić information content (AvgIpc) is 3.09. The minimum absolute atomic E-state index is 0.141. The summed E-state index contributed by atoms with van der Waals surface area (Å²) < 4.78 is 11.5. The molecular weight excluding hydrogens is 356 g/mol. The molecule has 1 aliphatic heterocycles. The summed E-state index contributed by atoms with van der Waals surface area (Å²) in [5.41, 5.74) is 7.10. The number of nitrogen functional groups attached to an aromatic ring is 1. The van der Waals surface area contributed by atoms with Crippen molar-refractivity contribution in [3.63, 3.8) is 0 Å². The van der Waals surface area contributed by atoms with Gasteiger partial charge in [0.25, 0.3) is 0 Å². The fraction of sp³-hybridized carbons (Fsp3) is 0.381. The molecule has 1 saturated heterocycles. The number of amides is 1. The smallest absolute Gasteiger partial charge is 0.410 e. The highest BCUT2D eigenvalue weighted by atomic mass is 16.6. The van der Waals surface area contributed by atoms with Gasteiger partial charge >= 0.3 is 6.09 Å². The molecule has 0 aliphatic carbocycles. The normalized spacial score (nSPS) is 16.2. The number of anilines is 1. The lowest BCUT2D eigenvalue weighted by molar-refractivity contribution is 0.0275. The molecular formula is C21H24N4O3. The van der Waals surface area contributed by atoms with E-state index in [1.54, 1.807) is 41.7 Å². The van der Waals surface area contributed by atoms with Gasteiger partial charge in [-0.2, -0.15) is 0 Å². The lowest BCUT2D eigenvalue weighted by Crippen LogP contribution is -2.36. The molecule has 0 saturated carbocycles. The molecule has 146 valence electrons. The maximum atomic E-state index is 12.2. The molecule has 0 radical (unpaired) electrons. The molecule has 2 N–H and O–H groups in total. The van der Waals surface area contributed by atoms with Gasteiger partial charge in [0, 0.05) is 25.4 Å². The van der Waals surface area contributed by atoms with Gasteiger partial charge in [0.15, 0.2) is 5.75 Å². The molecule has 2 aromatic heterocycles. The summed E-state index contributed by atoms with van der Waals surface area (Å²) in [5.74, 6) is 6.59. The maximum absolute atomic E-state index is 12.2. The van der Waals surface area contributed by atoms with Crippen molar-refractivity contribution in [1.29, 1.82) is 0 Å². The van der Waals surface area contributed by atoms with Crippen LogP contribution in [0.25, 0.3) is 0 Å². The third kappa shape index (κ3) is 5.13. The summed E-state index contributed by atoms with van der Waals surface area (Å²) in [6.45, 7) is 6.60. The predicted molar refractivity (Wildman–Crippen MR) is 106 cm³/mol. The van der Waals surface area contributed by atoms with Crippen LogP contribution in [0.5, 0.6) is 5.75 Å². The van der Waals surface area contributed by atoms with Crippen molar-refractivity contribution >= 4 is 11.8 Å². The standard InChI is InChI=1S/C21H24N4O3/c1-21(2,3)28-20(26)25-12-9-16(14-25)27-19-13-23-11-8-15(19)6-7-18-17(22)5-4-10-24-18/h4-5,8,10-11,13,16H,9,12,14,22H2,1-3H3/t16-/m1/s1. The molecule has 28 heavy (non-hydrogen) atoms. The highest BCUT2D eigenvalue weighted by molar-refractivity contribution is 5.68. The second-order valence-electron chi connectivity index (χ2n) is 7.52. The molecule has 1 fully saturated rings. The SMILES string of the molecule is CC(C)(C)OC(=O)N1CC[C@@H](Oc2cnccc2C#Cc2ncccc2N)C1. The van der Waals surface area contributed by atoms with Gasteiger partial charge in [0.05, 0.1) is 24.0 Å². The van der Waals surface area contributed by atoms with Crippen LogP contribution in [-0.2, 0) is 4.74 Å². The summed E-state index contributed by atoms with van der Waals surface area (Å²) in [7, 11) is 0. The maximum Gasteiger partial charge on any atom is 0.410 e. The topological polar surface area (TPSA) is 90.6 Å². The van der Waals surface area contributed by atoms with E-state index in [0.717, 1.165) is 0 Å². The molecule has 3 rings (SSSR count). The Bertz CT molecular complexity index is 912. The first kappa shape index (κ1) is 19.5. The van der Waals surface area contributed by atoms with Crippen molar-refractivity contribution in [3.05, 3.63) is 48.0 Å². The molecule has 0 aromatic carbocycles. The van der Waals surface area contributed by atoms with Crippen LogP contribution in [0.15, 0.2) is 36.8 Å². The highest BCUT2D eigenvalue weighted by Crippen LogP contribution is 2.22. The van der Waals surface area contributed by atoms with Crippen LogP contribution in [0.1, 0.15) is 38.4 Å². The van der Waals surface area contributed by atoms with Crippen molar-refractivity contribution < 1.29 is 14.3 Å². The van der Waals surface area contributed by atoms with E-state index in [4.69, 9.17) is 15.2 Å². The number of hydrogen-bond acceptors (Lipinski definition) is 6. The van der Waals surface area contributed by atoms with Crippen LogP contribution in [-0.4, -0.2) is 45.8 Å². The number of carbonyl (C=O) groups excluding carboxylic acids is 1. The predicted octanol–water partition coefficient (Wildman–Crippen LogP) is 2.85. The number of carbonyl (C=O) groups is 1. The number of hydrogen-bond donors (Lipinski definition) is 1. The van der Waals surface area contributed by atoms with Gasteiger partial charge in [-0.1, -0.05) is 5.92 Å². The second-order valence-corrected chi connectivity index (χ2v) is 7.52. The van der Waals surface area contributed by atoms with Crippen LogP contribution in [0.4, 0.5) is 10.5 Å². The molecule has 1 atom stereocenters. The first-order valence-electron chi connectivity index (χ1n) is 9.13. The first-order valence-corrected chi connectivity index (χ1v) is 9.13. The number of ether oxygens (including phenoxy) is 2. The molecule has 0 spiro atoms. The Balaban J connectivity index is 1.68. The number of nitrogens with two attached hydrogens (primary N) is 1. The van der Waals surface area contributed by atoms with Crippen LogP contribution in [0.3, 0.4) is 0 Å². The Morgan fingerprint density at radius 2 is 2.11 bits per heavy atom. The molecule has 2 aromatic rings. The summed E-state index contributed by atoms with van der Waals surface area (Å²) in [4.78, 5) is 22.2. The van der Waals surface area contributed by atoms with Crippen molar-refractivity contribution in [2.24, 2.45) is 0 Å². The Morgan fingerprint density at radius 3 is 2.86 bits per heavy atom. The largest absolute Gasteiger partial charge is 0.486 e. The molecule has 7 nitrogen and oxygen atoms in total. The summed E-state index contributed by atoms with van der Waals surface area (Å²) >= 11 is 0. The molecule has 1 aliphatic rings. The van der Waals surface area contributed by atoms with E-state index >= 15 is 0 Å². The van der Waals surface area contributed by atoms with Crippen LogP contribution in [0, 0.1) is 11.8 Å². The Labute approximate surface area is 164 Å². The van der Waals surface area contributed by atoms with Crippen LogP contribution >= 0.6 is 0 Å². The fourth-order valence-corrected chi connectivity index (χ4v) is 2.72. The molecule has 1 amide bonds. The summed E-state index contributed by atoms with van der Waals surface area (Å²) in [6, 6.07) is 5.30. The van der Waals surface area contributed by atoms with Gasteiger partial charge in [0.2, 0.25) is 0 Å². The lowest BCUT2D eigenvalue weighted by Gasteiger charge is -2.24. The summed E-state index contributed by atoms with van der Waals surface area (Å²) in [6.07, 6.45) is 5.18. The molecule has 7 heteroatoms. The van der Waals surface area contributed by atoms with E-state index in [1.807, 2.05) is 20.8 Å². The first-order chi connectivity index (χ1) is 13.3. The minimum Gasteiger partial charge on any atom is -0.486 e. The van der Waals surface area contributed by atoms with E-state index in [1.165, 1.54) is 0 Å². The third-order valence-corrected chi connectivity index (χ3v) is 4.03. The Kier molecular flexibility index (Phi) is 5.69. The van der Waals surface area contributed by atoms with Gasteiger partial charge in [-0.15, -0.1) is 0 Å². The zero-order chi connectivity index (χ0) is 20.1. The lowest BCUT2D eigenvalue weighted by atomic mass is 10.2. The zero-order valence-electron chi connectivity index (χ0n) is 16.3.